The molecule has 0 aromatic heterocycles. The van der Waals surface area contributed by atoms with E-state index in [1.54, 1.807) is 12.1 Å². The zero-order valence-corrected chi connectivity index (χ0v) is 9.37. The summed E-state index contributed by atoms with van der Waals surface area (Å²) in [7, 11) is -3.52. The maximum Gasteiger partial charge on any atom is 0.303 e. The largest absolute Gasteiger partial charge is 0.449 e. The highest BCUT2D eigenvalue weighted by Crippen LogP contribution is 2.12. The van der Waals surface area contributed by atoms with Crippen molar-refractivity contribution >= 4 is 15.8 Å². The number of hydrogen-bond acceptors (Lipinski definition) is 4. The van der Waals surface area contributed by atoms with Crippen LogP contribution >= 0.6 is 0 Å². The number of ether oxygens (including phenoxy) is 1. The Morgan fingerprint density at radius 3 is 2.06 bits per heavy atom. The lowest BCUT2D eigenvalue weighted by molar-refractivity contribution is -0.138. The van der Waals surface area contributed by atoms with Gasteiger partial charge in [-0.1, -0.05) is 32.5 Å². The van der Waals surface area contributed by atoms with Crippen LogP contribution in [0.25, 0.3) is 0 Å². The minimum absolute atomic E-state index is 0. The topological polar surface area (TPSA) is 60.4 Å². The van der Waals surface area contributed by atoms with E-state index in [2.05, 4.69) is 4.74 Å². The van der Waals surface area contributed by atoms with Gasteiger partial charge in [0.2, 0.25) is 9.84 Å². The normalized spacial score (nSPS) is 9.76. The summed E-state index contributed by atoms with van der Waals surface area (Å²) in [6.45, 7) is 3.03. The fourth-order valence-electron chi connectivity index (χ4n) is 0.974. The van der Waals surface area contributed by atoms with Crippen molar-refractivity contribution in [1.29, 1.82) is 0 Å². The molecule has 0 bridgehead atoms. The van der Waals surface area contributed by atoms with Gasteiger partial charge in [-0.2, -0.15) is 0 Å². The van der Waals surface area contributed by atoms with Gasteiger partial charge in [0, 0.05) is 6.92 Å². The molecule has 1 aromatic carbocycles. The van der Waals surface area contributed by atoms with Gasteiger partial charge in [-0.25, -0.2) is 8.42 Å². The fraction of sp³-hybridized carbons (Fsp3) is 0.417. The number of rotatable bonds is 3. The second-order valence-corrected chi connectivity index (χ2v) is 5.12. The molecule has 0 aliphatic carbocycles. The average molecular weight is 260 g/mol. The zero-order valence-electron chi connectivity index (χ0n) is 8.56. The smallest absolute Gasteiger partial charge is 0.303 e. The van der Waals surface area contributed by atoms with Gasteiger partial charge in [-0.15, -0.1) is 0 Å². The van der Waals surface area contributed by atoms with Gasteiger partial charge >= 0.3 is 5.97 Å². The molecule has 0 fully saturated rings. The fourth-order valence-corrected chi connectivity index (χ4v) is 1.98. The molecule has 0 amide bonds. The van der Waals surface area contributed by atoms with Crippen LogP contribution in [0.4, 0.5) is 0 Å². The number of esters is 1. The number of hydrogen-bond donors (Lipinski definition) is 0. The Morgan fingerprint density at radius 2 is 1.65 bits per heavy atom. The first-order valence-corrected chi connectivity index (χ1v) is 6.00. The summed E-state index contributed by atoms with van der Waals surface area (Å²) in [5, 5.41) is 0. The van der Waals surface area contributed by atoms with Crippen molar-refractivity contribution < 1.29 is 17.9 Å². The first kappa shape index (κ1) is 18.0. The summed E-state index contributed by atoms with van der Waals surface area (Å²) >= 11 is 0. The van der Waals surface area contributed by atoms with Crippen LogP contribution < -0.4 is 0 Å². The Kier molecular flexibility index (Phi) is 7.48. The molecule has 0 aliphatic heterocycles. The van der Waals surface area contributed by atoms with Gasteiger partial charge < -0.3 is 4.74 Å². The first-order chi connectivity index (χ1) is 6.92. The maximum absolute atomic E-state index is 11.6. The predicted octanol–water partition coefficient (Wildman–Crippen LogP) is 2.56. The van der Waals surface area contributed by atoms with E-state index in [-0.39, 0.29) is 19.7 Å². The van der Waals surface area contributed by atoms with E-state index in [4.69, 9.17) is 0 Å². The van der Waals surface area contributed by atoms with Crippen LogP contribution in [-0.2, 0) is 19.4 Å². The second-order valence-electron chi connectivity index (χ2n) is 3.18. The minimum Gasteiger partial charge on any atom is -0.449 e. The molecule has 0 spiro atoms. The Morgan fingerprint density at radius 1 is 1.18 bits per heavy atom. The summed E-state index contributed by atoms with van der Waals surface area (Å²) in [5.74, 6) is -1.21. The summed E-state index contributed by atoms with van der Waals surface area (Å²) < 4.78 is 27.6. The lowest BCUT2D eigenvalue weighted by Gasteiger charge is -2.04. The van der Waals surface area contributed by atoms with E-state index >= 15 is 0 Å². The monoisotopic (exact) mass is 260 g/mol. The van der Waals surface area contributed by atoms with Crippen molar-refractivity contribution in [3.05, 3.63) is 29.8 Å². The molecule has 1 rings (SSSR count). The average Bonchev–Trinajstić information content (AvgIpc) is 2.16. The van der Waals surface area contributed by atoms with Crippen molar-refractivity contribution in [2.24, 2.45) is 0 Å². The van der Waals surface area contributed by atoms with Crippen molar-refractivity contribution in [2.45, 2.75) is 33.6 Å². The summed E-state index contributed by atoms with van der Waals surface area (Å²) in [6, 6.07) is 6.38. The van der Waals surface area contributed by atoms with Gasteiger partial charge in [0.25, 0.3) is 0 Å². The number of carbonyl (C=O) groups excluding carboxylic acids is 1. The molecule has 0 saturated heterocycles. The van der Waals surface area contributed by atoms with Gasteiger partial charge in [-0.3, -0.25) is 4.79 Å². The van der Waals surface area contributed by atoms with Gasteiger partial charge in [-0.05, 0) is 19.1 Å². The van der Waals surface area contributed by atoms with Gasteiger partial charge in [0.05, 0.1) is 4.90 Å². The van der Waals surface area contributed by atoms with Crippen LogP contribution in [0.2, 0.25) is 0 Å². The number of aryl methyl sites for hydroxylation is 1. The third kappa shape index (κ3) is 5.49. The summed E-state index contributed by atoms with van der Waals surface area (Å²) in [4.78, 5) is 10.7. The molecule has 5 heteroatoms. The van der Waals surface area contributed by atoms with E-state index in [0.717, 1.165) is 5.56 Å². The lowest BCUT2D eigenvalue weighted by atomic mass is 10.2. The van der Waals surface area contributed by atoms with E-state index in [1.807, 2.05) is 6.92 Å². The second kappa shape index (κ2) is 7.06. The minimum atomic E-state index is -3.52. The van der Waals surface area contributed by atoms with Crippen molar-refractivity contribution in [3.8, 4) is 0 Å². The Labute approximate surface area is 104 Å². The molecule has 0 saturated carbocycles. The van der Waals surface area contributed by atoms with Crippen LogP contribution in [0.3, 0.4) is 0 Å². The summed E-state index contributed by atoms with van der Waals surface area (Å²) in [6.07, 6.45) is 0. The van der Waals surface area contributed by atoms with E-state index in [0.29, 0.717) is 0 Å². The molecule has 0 aliphatic rings. The highest BCUT2D eigenvalue weighted by Gasteiger charge is 2.15. The Balaban J connectivity index is 0. The molecule has 4 nitrogen and oxygen atoms in total. The zero-order chi connectivity index (χ0) is 11.5. The van der Waals surface area contributed by atoms with Crippen LogP contribution in [0.5, 0.6) is 0 Å². The Hall–Kier alpha value is -1.36. The SMILES string of the molecule is C.C.CC(=O)OCS(=O)(=O)c1ccc(C)cc1. The molecule has 0 unspecified atom stereocenters. The van der Waals surface area contributed by atoms with Crippen LogP contribution in [0.1, 0.15) is 27.3 Å². The maximum atomic E-state index is 11.6. The quantitative estimate of drug-likeness (QED) is 0.784. The van der Waals surface area contributed by atoms with Crippen molar-refractivity contribution in [3.63, 3.8) is 0 Å². The van der Waals surface area contributed by atoms with E-state index < -0.39 is 21.7 Å². The number of carbonyl (C=O) groups is 1. The van der Waals surface area contributed by atoms with Crippen molar-refractivity contribution in [1.82, 2.24) is 0 Å². The molecule has 1 aromatic rings. The van der Waals surface area contributed by atoms with Crippen LogP contribution in [0, 0.1) is 6.92 Å². The molecule has 0 heterocycles. The number of sulfone groups is 1. The highest BCUT2D eigenvalue weighted by molar-refractivity contribution is 7.91. The molecular formula is C12H20O4S. The third-order valence-electron chi connectivity index (χ3n) is 1.80. The molecule has 17 heavy (non-hydrogen) atoms. The molecule has 0 atom stereocenters. The molecule has 0 radical (unpaired) electrons. The predicted molar refractivity (Wildman–Crippen MR) is 68.5 cm³/mol. The van der Waals surface area contributed by atoms with Gasteiger partial charge in [0.15, 0.2) is 5.94 Å². The molecule has 0 N–H and O–H groups in total. The standard InChI is InChI=1S/C10H12O4S.2CH4/c1-8-3-5-10(6-4-8)15(12,13)7-14-9(2)11;;/h3-6H,7H2,1-2H3;2*1H4. The number of benzene rings is 1. The lowest BCUT2D eigenvalue weighted by Crippen LogP contribution is -2.12. The van der Waals surface area contributed by atoms with Gasteiger partial charge in [0.1, 0.15) is 0 Å². The summed E-state index contributed by atoms with van der Waals surface area (Å²) in [5.41, 5.74) is 0.974. The first-order valence-electron chi connectivity index (χ1n) is 4.34. The van der Waals surface area contributed by atoms with E-state index in [1.165, 1.54) is 19.1 Å². The van der Waals surface area contributed by atoms with Crippen LogP contribution in [-0.4, -0.2) is 20.3 Å². The highest BCUT2D eigenvalue weighted by atomic mass is 32.2. The van der Waals surface area contributed by atoms with E-state index in [9.17, 15) is 13.2 Å². The molecular weight excluding hydrogens is 240 g/mol. The van der Waals surface area contributed by atoms with Crippen LogP contribution in [0.15, 0.2) is 29.2 Å². The Bertz CT molecular complexity index is 446. The third-order valence-corrected chi connectivity index (χ3v) is 3.22. The molecule has 98 valence electrons. The van der Waals surface area contributed by atoms with Crippen molar-refractivity contribution in [2.75, 3.05) is 5.94 Å².